The molecule has 2 aromatic heterocycles. The van der Waals surface area contributed by atoms with Gasteiger partial charge in [-0.3, -0.25) is 0 Å². The number of hydrogen-bond acceptors (Lipinski definition) is 5. The third kappa shape index (κ3) is 1.55. The summed E-state index contributed by atoms with van der Waals surface area (Å²) in [4.78, 5) is 12.1. The second-order valence-corrected chi connectivity index (χ2v) is 4.32. The average molecular weight is 249 g/mol. The number of hydrogen-bond donors (Lipinski definition) is 2. The largest absolute Gasteiger partial charge is 0.396 e. The highest BCUT2D eigenvalue weighted by molar-refractivity contribution is 5.81. The van der Waals surface area contributed by atoms with E-state index in [2.05, 4.69) is 15.0 Å². The lowest BCUT2D eigenvalue weighted by atomic mass is 10.1. The molecule has 7 heteroatoms. The second kappa shape index (κ2) is 4.02. The zero-order valence-corrected chi connectivity index (χ0v) is 9.49. The number of halogens is 1. The first-order valence-electron chi connectivity index (χ1n) is 5.61. The van der Waals surface area contributed by atoms with Crippen molar-refractivity contribution in [2.24, 2.45) is 5.92 Å². The van der Waals surface area contributed by atoms with Crippen molar-refractivity contribution in [1.29, 1.82) is 0 Å². The van der Waals surface area contributed by atoms with Gasteiger partial charge in [-0.05, 0) is 12.5 Å². The van der Waals surface area contributed by atoms with Gasteiger partial charge in [-0.25, -0.2) is 19.3 Å². The maximum Gasteiger partial charge on any atom is 0.165 e. The fourth-order valence-electron chi connectivity index (χ4n) is 2.26. The number of allylic oxidation sites excluding steroid dienone is 1. The second-order valence-electron chi connectivity index (χ2n) is 4.32. The topological polar surface area (TPSA) is 89.9 Å². The van der Waals surface area contributed by atoms with Gasteiger partial charge in [0.15, 0.2) is 11.5 Å². The molecule has 0 bridgehead atoms. The Bertz CT molecular complexity index is 623. The molecule has 2 heterocycles. The van der Waals surface area contributed by atoms with E-state index in [0.29, 0.717) is 23.4 Å². The Labute approximate surface area is 102 Å². The predicted molar refractivity (Wildman–Crippen MR) is 63.2 cm³/mol. The van der Waals surface area contributed by atoms with Crippen molar-refractivity contribution in [3.63, 3.8) is 0 Å². The standard InChI is InChI=1S/C11H12FN5O/c12-8-2-7(1-6(8)3-18)17-5-16-9-10(13)14-4-15-11(9)17/h2,4-7,18H,1,3H2,(H2,13,14,15)/t6-,7+/m1/s1. The lowest BCUT2D eigenvalue weighted by molar-refractivity contribution is 0.224. The number of aromatic nitrogens is 4. The van der Waals surface area contributed by atoms with Crippen molar-refractivity contribution in [2.75, 3.05) is 12.3 Å². The van der Waals surface area contributed by atoms with Gasteiger partial charge in [0.2, 0.25) is 0 Å². The van der Waals surface area contributed by atoms with Gasteiger partial charge in [-0.15, -0.1) is 0 Å². The fraction of sp³-hybridized carbons (Fsp3) is 0.364. The molecular weight excluding hydrogens is 237 g/mol. The van der Waals surface area contributed by atoms with Crippen molar-refractivity contribution in [3.8, 4) is 0 Å². The summed E-state index contributed by atoms with van der Waals surface area (Å²) in [6.07, 6.45) is 4.91. The minimum Gasteiger partial charge on any atom is -0.396 e. The normalized spacial score (nSPS) is 23.6. The summed E-state index contributed by atoms with van der Waals surface area (Å²) in [6, 6.07) is -0.193. The van der Waals surface area contributed by atoms with E-state index in [1.165, 1.54) is 12.4 Å². The molecule has 2 atom stereocenters. The summed E-state index contributed by atoms with van der Waals surface area (Å²) in [6.45, 7) is -0.192. The maximum atomic E-state index is 13.5. The van der Waals surface area contributed by atoms with E-state index < -0.39 is 5.92 Å². The van der Waals surface area contributed by atoms with Crippen molar-refractivity contribution >= 4 is 17.0 Å². The van der Waals surface area contributed by atoms with Crippen LogP contribution in [0, 0.1) is 5.92 Å². The molecule has 0 saturated heterocycles. The van der Waals surface area contributed by atoms with Gasteiger partial charge in [0.1, 0.15) is 17.7 Å². The minimum atomic E-state index is -0.438. The highest BCUT2D eigenvalue weighted by atomic mass is 19.1. The number of aliphatic hydroxyl groups excluding tert-OH is 1. The Balaban J connectivity index is 2.04. The Hall–Kier alpha value is -2.02. The molecule has 2 aromatic rings. The van der Waals surface area contributed by atoms with Crippen LogP contribution in [-0.4, -0.2) is 31.2 Å². The number of anilines is 1. The number of nitrogens with zero attached hydrogens (tertiary/aromatic N) is 4. The lowest BCUT2D eigenvalue weighted by Gasteiger charge is -2.11. The summed E-state index contributed by atoms with van der Waals surface area (Å²) in [5, 5.41) is 9.06. The molecule has 0 amide bonds. The molecule has 1 aliphatic carbocycles. The average Bonchev–Trinajstić information content (AvgIpc) is 2.93. The molecule has 1 aliphatic rings. The quantitative estimate of drug-likeness (QED) is 0.822. The number of aliphatic hydroxyl groups is 1. The molecule has 0 saturated carbocycles. The van der Waals surface area contributed by atoms with Gasteiger partial charge in [0.05, 0.1) is 19.0 Å². The van der Waals surface area contributed by atoms with Gasteiger partial charge in [-0.1, -0.05) is 0 Å². The monoisotopic (exact) mass is 249 g/mol. The van der Waals surface area contributed by atoms with E-state index in [0.717, 1.165) is 0 Å². The van der Waals surface area contributed by atoms with Crippen LogP contribution in [0.25, 0.3) is 11.2 Å². The van der Waals surface area contributed by atoms with E-state index in [1.54, 1.807) is 10.9 Å². The molecule has 0 spiro atoms. The van der Waals surface area contributed by atoms with Crippen molar-refractivity contribution in [2.45, 2.75) is 12.5 Å². The first-order chi connectivity index (χ1) is 8.70. The number of fused-ring (bicyclic) bond motifs is 1. The zero-order chi connectivity index (χ0) is 12.7. The zero-order valence-electron chi connectivity index (χ0n) is 9.49. The Morgan fingerprint density at radius 2 is 2.28 bits per heavy atom. The number of rotatable bonds is 2. The van der Waals surface area contributed by atoms with Gasteiger partial charge in [0.25, 0.3) is 0 Å². The summed E-state index contributed by atoms with van der Waals surface area (Å²) < 4.78 is 15.3. The minimum absolute atomic E-state index is 0.192. The maximum absolute atomic E-state index is 13.5. The highest BCUT2D eigenvalue weighted by Gasteiger charge is 2.28. The molecule has 6 nitrogen and oxygen atoms in total. The smallest absolute Gasteiger partial charge is 0.165 e. The van der Waals surface area contributed by atoms with E-state index in [4.69, 9.17) is 10.8 Å². The van der Waals surface area contributed by atoms with E-state index in [9.17, 15) is 4.39 Å². The van der Waals surface area contributed by atoms with Crippen LogP contribution in [0.15, 0.2) is 24.6 Å². The van der Waals surface area contributed by atoms with Gasteiger partial charge in [0, 0.05) is 5.92 Å². The van der Waals surface area contributed by atoms with E-state index >= 15 is 0 Å². The summed E-state index contributed by atoms with van der Waals surface area (Å²) >= 11 is 0. The van der Waals surface area contributed by atoms with Crippen LogP contribution in [0.5, 0.6) is 0 Å². The Morgan fingerprint density at radius 1 is 1.44 bits per heavy atom. The molecule has 18 heavy (non-hydrogen) atoms. The highest BCUT2D eigenvalue weighted by Crippen LogP contribution is 2.35. The lowest BCUT2D eigenvalue weighted by Crippen LogP contribution is -2.08. The molecule has 3 rings (SSSR count). The van der Waals surface area contributed by atoms with E-state index in [-0.39, 0.29) is 18.5 Å². The van der Waals surface area contributed by atoms with Crippen molar-refractivity contribution in [1.82, 2.24) is 19.5 Å². The third-order valence-electron chi connectivity index (χ3n) is 3.23. The molecule has 0 aromatic carbocycles. The first-order valence-corrected chi connectivity index (χ1v) is 5.61. The fourth-order valence-corrected chi connectivity index (χ4v) is 2.26. The molecule has 3 N–H and O–H groups in total. The summed E-state index contributed by atoms with van der Waals surface area (Å²) in [5.74, 6) is -0.419. The van der Waals surface area contributed by atoms with Crippen LogP contribution in [0.1, 0.15) is 12.5 Å². The molecule has 0 aliphatic heterocycles. The Morgan fingerprint density at radius 3 is 3.00 bits per heavy atom. The molecule has 0 fully saturated rings. The number of nitrogens with two attached hydrogens (primary N) is 1. The predicted octanol–water partition coefficient (Wildman–Crippen LogP) is 0.815. The van der Waals surface area contributed by atoms with Crippen LogP contribution in [0.3, 0.4) is 0 Å². The van der Waals surface area contributed by atoms with Crippen LogP contribution >= 0.6 is 0 Å². The summed E-state index contributed by atoms with van der Waals surface area (Å²) in [7, 11) is 0. The number of nitrogen functional groups attached to an aromatic ring is 1. The molecule has 94 valence electrons. The van der Waals surface area contributed by atoms with Crippen LogP contribution in [-0.2, 0) is 0 Å². The van der Waals surface area contributed by atoms with Crippen LogP contribution in [0.2, 0.25) is 0 Å². The van der Waals surface area contributed by atoms with Gasteiger partial charge in [-0.2, -0.15) is 0 Å². The van der Waals surface area contributed by atoms with Gasteiger partial charge >= 0.3 is 0 Å². The SMILES string of the molecule is Nc1ncnc2c1ncn2[C@@H]1C=C(F)[C@@H](CO)C1. The summed E-state index contributed by atoms with van der Waals surface area (Å²) in [5.41, 5.74) is 6.78. The molecule has 0 radical (unpaired) electrons. The van der Waals surface area contributed by atoms with Crippen molar-refractivity contribution in [3.05, 3.63) is 24.6 Å². The van der Waals surface area contributed by atoms with Gasteiger partial charge < -0.3 is 15.4 Å². The Kier molecular flexibility index (Phi) is 2.48. The van der Waals surface area contributed by atoms with E-state index in [1.807, 2.05) is 0 Å². The first kappa shape index (κ1) is 11.1. The number of imidazole rings is 1. The molecule has 0 unspecified atom stereocenters. The van der Waals surface area contributed by atoms with Crippen LogP contribution < -0.4 is 5.73 Å². The third-order valence-corrected chi connectivity index (χ3v) is 3.23. The van der Waals surface area contributed by atoms with Crippen molar-refractivity contribution < 1.29 is 9.50 Å². The van der Waals surface area contributed by atoms with Crippen LogP contribution in [0.4, 0.5) is 10.2 Å². The molecular formula is C11H12FN5O.